The summed E-state index contributed by atoms with van der Waals surface area (Å²) in [5.74, 6) is 0.986. The molecular weight excluding hydrogens is 322 g/mol. The Bertz CT molecular complexity index is 647. The molecule has 1 aromatic rings. The Morgan fingerprint density at radius 3 is 2.04 bits per heavy atom. The molecule has 0 aromatic heterocycles. The van der Waals surface area contributed by atoms with E-state index >= 15 is 0 Å². The zero-order chi connectivity index (χ0) is 17.0. The first kappa shape index (κ1) is 17.4. The van der Waals surface area contributed by atoms with E-state index in [0.717, 1.165) is 0 Å². The summed E-state index contributed by atoms with van der Waals surface area (Å²) in [6.07, 6.45) is 1.17. The molecule has 9 heteroatoms. The Morgan fingerprint density at radius 1 is 1.09 bits per heavy atom. The number of amides is 2. The number of benzene rings is 1. The van der Waals surface area contributed by atoms with Crippen LogP contribution in [0.3, 0.4) is 0 Å². The van der Waals surface area contributed by atoms with Crippen molar-refractivity contribution in [3.8, 4) is 11.5 Å². The molecule has 1 saturated heterocycles. The Balaban J connectivity index is 2.07. The van der Waals surface area contributed by atoms with Crippen LogP contribution in [0.1, 0.15) is 0 Å². The van der Waals surface area contributed by atoms with Gasteiger partial charge in [0.1, 0.15) is 17.2 Å². The zero-order valence-corrected chi connectivity index (χ0v) is 14.2. The maximum Gasteiger partial charge on any atom is 0.322 e. The van der Waals surface area contributed by atoms with Gasteiger partial charge in [-0.05, 0) is 12.1 Å². The Morgan fingerprint density at radius 2 is 1.61 bits per heavy atom. The van der Waals surface area contributed by atoms with E-state index in [1.807, 2.05) is 0 Å². The number of piperazine rings is 1. The number of hydrogen-bond donors (Lipinski definition) is 1. The van der Waals surface area contributed by atoms with E-state index in [2.05, 4.69) is 5.32 Å². The van der Waals surface area contributed by atoms with Crippen LogP contribution in [-0.2, 0) is 10.0 Å². The number of anilines is 1. The number of para-hydroxylation sites is 1. The molecule has 0 spiro atoms. The van der Waals surface area contributed by atoms with Crippen LogP contribution in [-0.4, -0.2) is 70.3 Å². The predicted octanol–water partition coefficient (Wildman–Crippen LogP) is 0.813. The van der Waals surface area contributed by atoms with Gasteiger partial charge >= 0.3 is 6.03 Å². The summed E-state index contributed by atoms with van der Waals surface area (Å²) in [5, 5.41) is 2.77. The fourth-order valence-electron chi connectivity index (χ4n) is 2.38. The lowest BCUT2D eigenvalue weighted by atomic mass is 10.2. The Kier molecular flexibility index (Phi) is 5.32. The Hall–Kier alpha value is -2.00. The van der Waals surface area contributed by atoms with Crippen molar-refractivity contribution in [2.45, 2.75) is 0 Å². The first-order chi connectivity index (χ1) is 10.9. The number of hydrogen-bond acceptors (Lipinski definition) is 5. The zero-order valence-electron chi connectivity index (χ0n) is 13.4. The van der Waals surface area contributed by atoms with E-state index < -0.39 is 10.0 Å². The van der Waals surface area contributed by atoms with Crippen LogP contribution in [0.15, 0.2) is 18.2 Å². The largest absolute Gasteiger partial charge is 0.494 e. The normalized spacial score (nSPS) is 16.0. The summed E-state index contributed by atoms with van der Waals surface area (Å²) in [6, 6.07) is 4.89. The lowest BCUT2D eigenvalue weighted by Gasteiger charge is -2.33. The summed E-state index contributed by atoms with van der Waals surface area (Å²) in [6.45, 7) is 1.23. The molecule has 0 unspecified atom stereocenters. The van der Waals surface area contributed by atoms with Crippen LogP contribution >= 0.6 is 0 Å². The van der Waals surface area contributed by atoms with Gasteiger partial charge in [0.2, 0.25) is 10.0 Å². The lowest BCUT2D eigenvalue weighted by Crippen LogP contribution is -2.51. The van der Waals surface area contributed by atoms with Gasteiger partial charge < -0.3 is 19.7 Å². The number of sulfonamides is 1. The number of urea groups is 1. The molecule has 0 aliphatic carbocycles. The molecule has 1 aliphatic rings. The van der Waals surface area contributed by atoms with Crippen molar-refractivity contribution in [1.29, 1.82) is 0 Å². The minimum atomic E-state index is -3.22. The summed E-state index contributed by atoms with van der Waals surface area (Å²) in [7, 11) is -0.202. The van der Waals surface area contributed by atoms with Gasteiger partial charge in [0.15, 0.2) is 0 Å². The van der Waals surface area contributed by atoms with E-state index in [0.29, 0.717) is 30.3 Å². The molecule has 2 amide bonds. The number of carbonyl (C=O) groups excluding carboxylic acids is 1. The van der Waals surface area contributed by atoms with Crippen LogP contribution in [0.4, 0.5) is 10.5 Å². The summed E-state index contributed by atoms with van der Waals surface area (Å²) >= 11 is 0. The third-order valence-corrected chi connectivity index (χ3v) is 4.96. The highest BCUT2D eigenvalue weighted by Gasteiger charge is 2.26. The molecule has 128 valence electrons. The molecular formula is C14H21N3O5S. The quantitative estimate of drug-likeness (QED) is 0.874. The highest BCUT2D eigenvalue weighted by atomic mass is 32.2. The van der Waals surface area contributed by atoms with E-state index in [9.17, 15) is 13.2 Å². The van der Waals surface area contributed by atoms with Crippen molar-refractivity contribution in [2.75, 3.05) is 52.0 Å². The average molecular weight is 343 g/mol. The fraction of sp³-hybridized carbons (Fsp3) is 0.500. The minimum absolute atomic E-state index is 0.287. The number of methoxy groups -OCH3 is 2. The van der Waals surface area contributed by atoms with Gasteiger partial charge in [0.05, 0.1) is 20.5 Å². The maximum absolute atomic E-state index is 12.4. The van der Waals surface area contributed by atoms with Gasteiger partial charge in [-0.3, -0.25) is 0 Å². The molecule has 1 aromatic carbocycles. The average Bonchev–Trinajstić information content (AvgIpc) is 2.54. The topological polar surface area (TPSA) is 88.2 Å². The third kappa shape index (κ3) is 4.05. The molecule has 0 saturated carbocycles. The van der Waals surface area contributed by atoms with Gasteiger partial charge in [0, 0.05) is 26.2 Å². The van der Waals surface area contributed by atoms with Crippen LogP contribution in [0.2, 0.25) is 0 Å². The van der Waals surface area contributed by atoms with Crippen molar-refractivity contribution in [3.63, 3.8) is 0 Å². The summed E-state index contributed by atoms with van der Waals surface area (Å²) < 4.78 is 34.8. The Labute approximate surface area is 136 Å². The van der Waals surface area contributed by atoms with Crippen LogP contribution in [0.25, 0.3) is 0 Å². The van der Waals surface area contributed by atoms with Crippen molar-refractivity contribution in [3.05, 3.63) is 18.2 Å². The van der Waals surface area contributed by atoms with Crippen molar-refractivity contribution in [2.24, 2.45) is 0 Å². The van der Waals surface area contributed by atoms with Crippen LogP contribution in [0, 0.1) is 0 Å². The van der Waals surface area contributed by atoms with Gasteiger partial charge in [-0.1, -0.05) is 6.07 Å². The number of rotatable bonds is 4. The molecule has 1 aliphatic heterocycles. The van der Waals surface area contributed by atoms with Gasteiger partial charge in [-0.25, -0.2) is 13.2 Å². The maximum atomic E-state index is 12.4. The molecule has 1 N–H and O–H groups in total. The number of nitrogens with zero attached hydrogens (tertiary/aromatic N) is 2. The molecule has 0 bridgehead atoms. The number of carbonyl (C=O) groups is 1. The van der Waals surface area contributed by atoms with E-state index in [1.165, 1.54) is 24.8 Å². The van der Waals surface area contributed by atoms with Crippen molar-refractivity contribution < 1.29 is 22.7 Å². The summed E-state index contributed by atoms with van der Waals surface area (Å²) in [5.41, 5.74) is 0.452. The first-order valence-electron chi connectivity index (χ1n) is 7.09. The highest BCUT2D eigenvalue weighted by Crippen LogP contribution is 2.34. The standard InChI is InChI=1S/C14H21N3O5S/c1-21-11-5-4-6-12(22-2)13(11)15-14(18)16-7-9-17(10-8-16)23(3,19)20/h4-6H,7-10H2,1-3H3,(H,15,18). The fourth-order valence-corrected chi connectivity index (χ4v) is 3.21. The third-order valence-electron chi connectivity index (χ3n) is 3.65. The second-order valence-corrected chi connectivity index (χ2v) is 7.10. The van der Waals surface area contributed by atoms with Crippen molar-refractivity contribution >= 4 is 21.7 Å². The SMILES string of the molecule is COc1cccc(OC)c1NC(=O)N1CCN(S(C)(=O)=O)CC1. The molecule has 8 nitrogen and oxygen atoms in total. The first-order valence-corrected chi connectivity index (χ1v) is 8.93. The van der Waals surface area contributed by atoms with Crippen molar-refractivity contribution in [1.82, 2.24) is 9.21 Å². The second-order valence-electron chi connectivity index (χ2n) is 5.12. The lowest BCUT2D eigenvalue weighted by molar-refractivity contribution is 0.184. The highest BCUT2D eigenvalue weighted by molar-refractivity contribution is 7.88. The van der Waals surface area contributed by atoms with E-state index in [1.54, 1.807) is 23.1 Å². The van der Waals surface area contributed by atoms with Gasteiger partial charge in [0.25, 0.3) is 0 Å². The van der Waals surface area contributed by atoms with E-state index in [-0.39, 0.29) is 19.1 Å². The monoisotopic (exact) mass is 343 g/mol. The predicted molar refractivity (Wildman–Crippen MR) is 86.6 cm³/mol. The van der Waals surface area contributed by atoms with Crippen LogP contribution < -0.4 is 14.8 Å². The smallest absolute Gasteiger partial charge is 0.322 e. The van der Waals surface area contributed by atoms with Crippen LogP contribution in [0.5, 0.6) is 11.5 Å². The molecule has 23 heavy (non-hydrogen) atoms. The molecule has 1 fully saturated rings. The molecule has 0 radical (unpaired) electrons. The molecule has 0 atom stereocenters. The second kappa shape index (κ2) is 7.05. The molecule has 1 heterocycles. The molecule has 2 rings (SSSR count). The van der Waals surface area contributed by atoms with Gasteiger partial charge in [-0.2, -0.15) is 4.31 Å². The summed E-state index contributed by atoms with van der Waals surface area (Å²) in [4.78, 5) is 14.0. The number of ether oxygens (including phenoxy) is 2. The number of nitrogens with one attached hydrogen (secondary N) is 1. The van der Waals surface area contributed by atoms with Gasteiger partial charge in [-0.15, -0.1) is 0 Å². The minimum Gasteiger partial charge on any atom is -0.494 e. The van der Waals surface area contributed by atoms with E-state index in [4.69, 9.17) is 9.47 Å².